The van der Waals surface area contributed by atoms with Gasteiger partial charge in [-0.15, -0.1) is 0 Å². The molecule has 1 aliphatic heterocycles. The molecular weight excluding hydrogens is 374 g/mol. The number of carbonyl (C=O) groups is 3. The van der Waals surface area contributed by atoms with Gasteiger partial charge in [-0.05, 0) is 25.0 Å². The van der Waals surface area contributed by atoms with Gasteiger partial charge in [-0.3, -0.25) is 19.3 Å². The zero-order valence-electron chi connectivity index (χ0n) is 13.3. The number of benzene rings is 1. The number of hydrogen-bond acceptors (Lipinski definition) is 4. The molecule has 24 heavy (non-hydrogen) atoms. The molecule has 0 bridgehead atoms. The second-order valence-corrected chi connectivity index (χ2v) is 6.99. The summed E-state index contributed by atoms with van der Waals surface area (Å²) in [4.78, 5) is 40.4. The second kappa shape index (κ2) is 7.44. The maximum absolute atomic E-state index is 12.2. The molecule has 0 spiro atoms. The van der Waals surface area contributed by atoms with E-state index >= 15 is 0 Å². The van der Waals surface area contributed by atoms with Gasteiger partial charge in [0.25, 0.3) is 11.7 Å². The molecule has 6 nitrogen and oxygen atoms in total. The van der Waals surface area contributed by atoms with Crippen molar-refractivity contribution in [3.05, 3.63) is 34.3 Å². The first kappa shape index (κ1) is 17.1. The van der Waals surface area contributed by atoms with E-state index in [0.717, 1.165) is 13.1 Å². The summed E-state index contributed by atoms with van der Waals surface area (Å²) < 4.78 is 0.563. The lowest BCUT2D eigenvalue weighted by atomic mass is 10.1. The number of rotatable bonds is 5. The molecular formula is C17H20BrN3O3. The Labute approximate surface area is 149 Å². The van der Waals surface area contributed by atoms with Gasteiger partial charge < -0.3 is 10.2 Å². The summed E-state index contributed by atoms with van der Waals surface area (Å²) in [5.74, 6) is -1.54. The van der Waals surface area contributed by atoms with Crippen molar-refractivity contribution in [2.24, 2.45) is 0 Å². The smallest absolute Gasteiger partial charge is 0.292 e. The Morgan fingerprint density at radius 2 is 1.75 bits per heavy atom. The molecule has 1 aliphatic carbocycles. The van der Waals surface area contributed by atoms with Gasteiger partial charge in [0.1, 0.15) is 0 Å². The van der Waals surface area contributed by atoms with Crippen LogP contribution in [0.5, 0.6) is 0 Å². The molecule has 0 radical (unpaired) electrons. The summed E-state index contributed by atoms with van der Waals surface area (Å²) in [5.41, 5.74) is 0.292. The van der Waals surface area contributed by atoms with Gasteiger partial charge in [0.05, 0.1) is 6.54 Å². The molecule has 128 valence electrons. The number of nitrogens with one attached hydrogen (secondary N) is 1. The highest BCUT2D eigenvalue weighted by Crippen LogP contribution is 2.27. The van der Waals surface area contributed by atoms with E-state index in [4.69, 9.17) is 0 Å². The lowest BCUT2D eigenvalue weighted by molar-refractivity contribution is -0.133. The average molecular weight is 394 g/mol. The molecule has 0 aromatic heterocycles. The van der Waals surface area contributed by atoms with Crippen LogP contribution in [0, 0.1) is 0 Å². The van der Waals surface area contributed by atoms with Crippen LogP contribution in [0.3, 0.4) is 0 Å². The van der Waals surface area contributed by atoms with E-state index in [1.165, 1.54) is 12.8 Å². The molecule has 3 rings (SSSR count). The van der Waals surface area contributed by atoms with Gasteiger partial charge in [-0.2, -0.15) is 0 Å². The van der Waals surface area contributed by atoms with Crippen molar-refractivity contribution in [1.29, 1.82) is 0 Å². The minimum Gasteiger partial charge on any atom is -0.340 e. The molecule has 0 unspecified atom stereocenters. The van der Waals surface area contributed by atoms with E-state index < -0.39 is 11.7 Å². The Morgan fingerprint density at radius 3 is 2.38 bits per heavy atom. The normalized spacial score (nSPS) is 18.3. The lowest BCUT2D eigenvalue weighted by Crippen LogP contribution is -2.52. The quantitative estimate of drug-likeness (QED) is 0.599. The van der Waals surface area contributed by atoms with Gasteiger partial charge in [-0.1, -0.05) is 28.1 Å². The van der Waals surface area contributed by atoms with Crippen LogP contribution < -0.4 is 5.32 Å². The van der Waals surface area contributed by atoms with E-state index in [1.807, 2.05) is 0 Å². The monoisotopic (exact) mass is 393 g/mol. The molecule has 1 saturated heterocycles. The first-order chi connectivity index (χ1) is 11.6. The van der Waals surface area contributed by atoms with E-state index in [2.05, 4.69) is 26.1 Å². The molecule has 1 saturated carbocycles. The highest BCUT2D eigenvalue weighted by atomic mass is 79.9. The van der Waals surface area contributed by atoms with Crippen molar-refractivity contribution < 1.29 is 14.4 Å². The Bertz CT molecular complexity index is 652. The molecule has 1 aromatic rings. The fourth-order valence-corrected chi connectivity index (χ4v) is 3.36. The fourth-order valence-electron chi connectivity index (χ4n) is 2.89. The van der Waals surface area contributed by atoms with Crippen LogP contribution in [0.25, 0.3) is 0 Å². The third-order valence-corrected chi connectivity index (χ3v) is 5.15. The Kier molecular flexibility index (Phi) is 5.30. The van der Waals surface area contributed by atoms with Crippen molar-refractivity contribution in [2.45, 2.75) is 18.9 Å². The topological polar surface area (TPSA) is 69.7 Å². The summed E-state index contributed by atoms with van der Waals surface area (Å²) in [6.07, 6.45) is 2.53. The summed E-state index contributed by atoms with van der Waals surface area (Å²) >= 11 is 3.25. The van der Waals surface area contributed by atoms with Crippen molar-refractivity contribution in [3.8, 4) is 0 Å². The molecule has 2 fully saturated rings. The molecule has 0 atom stereocenters. The average Bonchev–Trinajstić information content (AvgIpc) is 3.44. The van der Waals surface area contributed by atoms with Gasteiger partial charge in [0.15, 0.2) is 0 Å². The minimum absolute atomic E-state index is 0.140. The highest BCUT2D eigenvalue weighted by molar-refractivity contribution is 9.10. The molecule has 2 amide bonds. The summed E-state index contributed by atoms with van der Waals surface area (Å²) in [5, 5.41) is 2.44. The number of halogens is 1. The molecule has 2 aliphatic rings. The molecule has 1 heterocycles. The molecule has 1 aromatic carbocycles. The number of nitrogens with zero attached hydrogens (tertiary/aromatic N) is 2. The number of ketones is 1. The number of Topliss-reactive ketones (excluding diaryl/α,β-unsaturated/α-hetero) is 1. The highest BCUT2D eigenvalue weighted by Gasteiger charge is 2.32. The standard InChI is InChI=1S/C17H20BrN3O3/c18-14-4-2-1-3-13(14)16(23)17(24)19-11-15(22)21-9-7-20(8-10-21)12-5-6-12/h1-4,12H,5-11H2,(H,19,24). The molecule has 7 heteroatoms. The zero-order chi connectivity index (χ0) is 17.1. The Hall–Kier alpha value is -1.73. The van der Waals surface area contributed by atoms with Crippen LogP contribution in [0.4, 0.5) is 0 Å². The Balaban J connectivity index is 1.46. The van der Waals surface area contributed by atoms with Crippen LogP contribution in [0.15, 0.2) is 28.7 Å². The van der Waals surface area contributed by atoms with E-state index in [1.54, 1.807) is 29.2 Å². The number of piperazine rings is 1. The maximum Gasteiger partial charge on any atom is 0.292 e. The lowest BCUT2D eigenvalue weighted by Gasteiger charge is -2.34. The van der Waals surface area contributed by atoms with Crippen molar-refractivity contribution in [2.75, 3.05) is 32.7 Å². The van der Waals surface area contributed by atoms with Gasteiger partial charge in [0, 0.05) is 42.3 Å². The SMILES string of the molecule is O=C(NCC(=O)N1CCN(C2CC2)CC1)C(=O)c1ccccc1Br. The van der Waals surface area contributed by atoms with Crippen molar-refractivity contribution in [3.63, 3.8) is 0 Å². The van der Waals surface area contributed by atoms with Crippen LogP contribution in [-0.2, 0) is 9.59 Å². The van der Waals surface area contributed by atoms with Crippen LogP contribution in [0.1, 0.15) is 23.2 Å². The van der Waals surface area contributed by atoms with Crippen molar-refractivity contribution >= 4 is 33.5 Å². The predicted molar refractivity (Wildman–Crippen MR) is 92.7 cm³/mol. The predicted octanol–water partition coefficient (Wildman–Crippen LogP) is 1.05. The van der Waals surface area contributed by atoms with E-state index in [-0.39, 0.29) is 12.5 Å². The third kappa shape index (κ3) is 4.02. The van der Waals surface area contributed by atoms with Crippen LogP contribution in [-0.4, -0.2) is 66.2 Å². The van der Waals surface area contributed by atoms with E-state index in [9.17, 15) is 14.4 Å². The fraction of sp³-hybridized carbons (Fsp3) is 0.471. The minimum atomic E-state index is -0.758. The van der Waals surface area contributed by atoms with Gasteiger partial charge >= 0.3 is 0 Å². The van der Waals surface area contributed by atoms with Gasteiger partial charge in [0.2, 0.25) is 5.91 Å². The van der Waals surface area contributed by atoms with E-state index in [0.29, 0.717) is 29.2 Å². The van der Waals surface area contributed by atoms with Gasteiger partial charge in [-0.25, -0.2) is 0 Å². The van der Waals surface area contributed by atoms with Crippen LogP contribution in [0.2, 0.25) is 0 Å². The Morgan fingerprint density at radius 1 is 1.08 bits per heavy atom. The first-order valence-corrected chi connectivity index (χ1v) is 8.94. The largest absolute Gasteiger partial charge is 0.340 e. The summed E-state index contributed by atoms with van der Waals surface area (Å²) in [7, 11) is 0. The second-order valence-electron chi connectivity index (χ2n) is 6.14. The number of carbonyl (C=O) groups excluding carboxylic acids is 3. The summed E-state index contributed by atoms with van der Waals surface area (Å²) in [6, 6.07) is 7.44. The number of amides is 2. The molecule has 1 N–H and O–H groups in total. The zero-order valence-corrected chi connectivity index (χ0v) is 14.9. The first-order valence-electron chi connectivity index (χ1n) is 8.15. The summed E-state index contributed by atoms with van der Waals surface area (Å²) in [6.45, 7) is 3.01. The third-order valence-electron chi connectivity index (χ3n) is 4.46. The number of hydrogen-bond donors (Lipinski definition) is 1. The van der Waals surface area contributed by atoms with Crippen molar-refractivity contribution in [1.82, 2.24) is 15.1 Å². The maximum atomic E-state index is 12.2. The van der Waals surface area contributed by atoms with Crippen LogP contribution >= 0.6 is 15.9 Å².